The van der Waals surface area contributed by atoms with Crippen LogP contribution in [-0.4, -0.2) is 35.8 Å². The van der Waals surface area contributed by atoms with Crippen LogP contribution in [-0.2, 0) is 9.84 Å². The molecule has 1 amide bonds. The molecule has 0 aliphatic heterocycles. The smallest absolute Gasteiger partial charge is 0.322 e. The van der Waals surface area contributed by atoms with Crippen LogP contribution >= 0.6 is 11.3 Å². The van der Waals surface area contributed by atoms with Crippen molar-refractivity contribution >= 4 is 43.3 Å². The SMILES string of the molecule is CS(=O)(=O)c1ccccc1-c1nnc(NC(=O)c2nc3ccccc3s2)o1. The molecule has 0 saturated carbocycles. The van der Waals surface area contributed by atoms with Gasteiger partial charge in [-0.05, 0) is 24.3 Å². The summed E-state index contributed by atoms with van der Waals surface area (Å²) in [6.45, 7) is 0. The van der Waals surface area contributed by atoms with Crippen molar-refractivity contribution in [3.8, 4) is 11.5 Å². The van der Waals surface area contributed by atoms with Gasteiger partial charge in [-0.1, -0.05) is 29.4 Å². The second kappa shape index (κ2) is 6.56. The summed E-state index contributed by atoms with van der Waals surface area (Å²) in [4.78, 5) is 16.7. The molecule has 0 aliphatic rings. The van der Waals surface area contributed by atoms with E-state index >= 15 is 0 Å². The minimum atomic E-state index is -3.48. The van der Waals surface area contributed by atoms with Gasteiger partial charge < -0.3 is 4.42 Å². The number of fused-ring (bicyclic) bond motifs is 1. The van der Waals surface area contributed by atoms with Gasteiger partial charge in [-0.3, -0.25) is 10.1 Å². The van der Waals surface area contributed by atoms with Crippen LogP contribution in [0.1, 0.15) is 9.80 Å². The standard InChI is InChI=1S/C17H12N4O4S2/c1-27(23,24)13-9-5-2-6-10(13)15-20-21-17(25-15)19-14(22)16-18-11-7-3-4-8-12(11)26-16/h2-9H,1H3,(H,19,21,22). The number of nitrogens with one attached hydrogen (secondary N) is 1. The van der Waals surface area contributed by atoms with Gasteiger partial charge in [0.05, 0.1) is 20.7 Å². The predicted octanol–water partition coefficient (Wildman–Crippen LogP) is 3.00. The van der Waals surface area contributed by atoms with Crippen molar-refractivity contribution in [2.45, 2.75) is 4.90 Å². The number of rotatable bonds is 4. The zero-order chi connectivity index (χ0) is 19.0. The lowest BCUT2D eigenvalue weighted by Crippen LogP contribution is -2.11. The van der Waals surface area contributed by atoms with E-state index < -0.39 is 15.7 Å². The van der Waals surface area contributed by atoms with E-state index in [1.54, 1.807) is 18.2 Å². The Morgan fingerprint density at radius 3 is 2.59 bits per heavy atom. The normalized spacial score (nSPS) is 11.6. The molecule has 10 heteroatoms. The molecule has 0 fully saturated rings. The van der Waals surface area contributed by atoms with Crippen molar-refractivity contribution < 1.29 is 17.6 Å². The molecule has 27 heavy (non-hydrogen) atoms. The summed E-state index contributed by atoms with van der Waals surface area (Å²) < 4.78 is 30.1. The van der Waals surface area contributed by atoms with Crippen LogP contribution < -0.4 is 5.32 Å². The summed E-state index contributed by atoms with van der Waals surface area (Å²) in [5, 5.41) is 10.3. The van der Waals surface area contributed by atoms with Crippen molar-refractivity contribution in [2.75, 3.05) is 11.6 Å². The minimum absolute atomic E-state index is 0.00405. The maximum absolute atomic E-state index is 12.4. The van der Waals surface area contributed by atoms with Gasteiger partial charge in [-0.15, -0.1) is 16.4 Å². The Bertz CT molecular complexity index is 1230. The van der Waals surface area contributed by atoms with Gasteiger partial charge in [0.1, 0.15) is 0 Å². The summed E-state index contributed by atoms with van der Waals surface area (Å²) in [6, 6.07) is 13.5. The zero-order valence-electron chi connectivity index (χ0n) is 13.9. The van der Waals surface area contributed by atoms with Crippen molar-refractivity contribution in [1.82, 2.24) is 15.2 Å². The molecular formula is C17H12N4O4S2. The zero-order valence-corrected chi connectivity index (χ0v) is 15.5. The van der Waals surface area contributed by atoms with Crippen LogP contribution in [0.15, 0.2) is 57.8 Å². The number of thiazole rings is 1. The number of hydrogen-bond donors (Lipinski definition) is 1. The van der Waals surface area contributed by atoms with E-state index in [-0.39, 0.29) is 27.4 Å². The topological polar surface area (TPSA) is 115 Å². The molecule has 0 bridgehead atoms. The fourth-order valence-electron chi connectivity index (χ4n) is 2.47. The third kappa shape index (κ3) is 3.44. The molecule has 1 N–H and O–H groups in total. The summed E-state index contributed by atoms with van der Waals surface area (Å²) in [5.74, 6) is -0.488. The highest BCUT2D eigenvalue weighted by Gasteiger charge is 2.20. The highest BCUT2D eigenvalue weighted by molar-refractivity contribution is 7.90. The van der Waals surface area contributed by atoms with E-state index in [9.17, 15) is 13.2 Å². The summed E-state index contributed by atoms with van der Waals surface area (Å²) in [7, 11) is -3.48. The van der Waals surface area contributed by atoms with Crippen LogP contribution in [0.2, 0.25) is 0 Å². The number of nitrogens with zero attached hydrogens (tertiary/aromatic N) is 3. The molecule has 0 saturated heterocycles. The second-order valence-electron chi connectivity index (χ2n) is 5.62. The second-order valence-corrected chi connectivity index (χ2v) is 8.64. The van der Waals surface area contributed by atoms with Crippen LogP contribution in [0.25, 0.3) is 21.7 Å². The molecule has 136 valence electrons. The number of aromatic nitrogens is 3. The molecule has 8 nitrogen and oxygen atoms in total. The number of para-hydroxylation sites is 1. The Balaban J connectivity index is 1.61. The van der Waals surface area contributed by atoms with Crippen LogP contribution in [0.3, 0.4) is 0 Å². The van der Waals surface area contributed by atoms with Crippen molar-refractivity contribution in [3.05, 3.63) is 53.5 Å². The van der Waals surface area contributed by atoms with Gasteiger partial charge >= 0.3 is 6.01 Å². The number of sulfone groups is 1. The summed E-state index contributed by atoms with van der Waals surface area (Å²) in [6.07, 6.45) is 1.10. The van der Waals surface area contributed by atoms with Gasteiger partial charge in [-0.25, -0.2) is 13.4 Å². The Labute approximate surface area is 157 Å². The van der Waals surface area contributed by atoms with Gasteiger partial charge in [0.2, 0.25) is 0 Å². The minimum Gasteiger partial charge on any atom is -0.403 e. The first-order valence-corrected chi connectivity index (χ1v) is 10.4. The van der Waals surface area contributed by atoms with Crippen molar-refractivity contribution in [3.63, 3.8) is 0 Å². The monoisotopic (exact) mass is 400 g/mol. The number of carbonyl (C=O) groups excluding carboxylic acids is 1. The van der Waals surface area contributed by atoms with E-state index in [0.29, 0.717) is 0 Å². The highest BCUT2D eigenvalue weighted by atomic mass is 32.2. The first-order valence-electron chi connectivity index (χ1n) is 7.72. The third-order valence-electron chi connectivity index (χ3n) is 3.65. The highest BCUT2D eigenvalue weighted by Crippen LogP contribution is 2.27. The molecule has 2 aromatic heterocycles. The maximum atomic E-state index is 12.4. The molecule has 0 aliphatic carbocycles. The average molecular weight is 400 g/mol. The molecule has 0 spiro atoms. The van der Waals surface area contributed by atoms with Crippen molar-refractivity contribution in [1.29, 1.82) is 0 Å². The average Bonchev–Trinajstić information content (AvgIpc) is 3.27. The molecule has 0 unspecified atom stereocenters. The Morgan fingerprint density at radius 2 is 1.81 bits per heavy atom. The number of benzene rings is 2. The van der Waals surface area contributed by atoms with E-state index in [0.717, 1.165) is 16.5 Å². The van der Waals surface area contributed by atoms with Gasteiger partial charge in [0.25, 0.3) is 11.8 Å². The lowest BCUT2D eigenvalue weighted by atomic mass is 10.2. The summed E-state index contributed by atoms with van der Waals surface area (Å²) in [5.41, 5.74) is 0.994. The molecule has 0 atom stereocenters. The third-order valence-corrected chi connectivity index (χ3v) is 5.84. The lowest BCUT2D eigenvalue weighted by molar-refractivity contribution is 0.102. The summed E-state index contributed by atoms with van der Waals surface area (Å²) >= 11 is 1.24. The molecule has 4 rings (SSSR count). The van der Waals surface area contributed by atoms with E-state index in [4.69, 9.17) is 4.42 Å². The van der Waals surface area contributed by atoms with Crippen LogP contribution in [0.5, 0.6) is 0 Å². The quantitative estimate of drug-likeness (QED) is 0.560. The first kappa shape index (κ1) is 17.3. The Hall–Kier alpha value is -3.11. The Kier molecular flexibility index (Phi) is 4.21. The largest absolute Gasteiger partial charge is 0.403 e. The lowest BCUT2D eigenvalue weighted by Gasteiger charge is -2.03. The molecule has 2 aromatic carbocycles. The van der Waals surface area contributed by atoms with Crippen molar-refractivity contribution in [2.24, 2.45) is 0 Å². The van der Waals surface area contributed by atoms with E-state index in [1.807, 2.05) is 24.3 Å². The predicted molar refractivity (Wildman–Crippen MR) is 100 cm³/mol. The number of carbonyl (C=O) groups is 1. The maximum Gasteiger partial charge on any atom is 0.322 e. The van der Waals surface area contributed by atoms with Crippen LogP contribution in [0.4, 0.5) is 6.01 Å². The number of anilines is 1. The van der Waals surface area contributed by atoms with E-state index in [1.165, 1.54) is 17.4 Å². The fraction of sp³-hybridized carbons (Fsp3) is 0.0588. The number of hydrogen-bond acceptors (Lipinski definition) is 8. The molecular weight excluding hydrogens is 388 g/mol. The van der Waals surface area contributed by atoms with Gasteiger partial charge in [0, 0.05) is 6.26 Å². The molecule has 0 radical (unpaired) electrons. The van der Waals surface area contributed by atoms with Crippen LogP contribution in [0, 0.1) is 0 Å². The molecule has 2 heterocycles. The first-order chi connectivity index (χ1) is 12.9. The number of amides is 1. The van der Waals surface area contributed by atoms with Gasteiger partial charge in [0.15, 0.2) is 14.8 Å². The fourth-order valence-corrected chi connectivity index (χ4v) is 4.21. The van der Waals surface area contributed by atoms with E-state index in [2.05, 4.69) is 20.5 Å². The molecule has 4 aromatic rings. The van der Waals surface area contributed by atoms with Gasteiger partial charge in [-0.2, -0.15) is 0 Å². The Morgan fingerprint density at radius 1 is 1.07 bits per heavy atom.